The molecule has 1 aliphatic heterocycles. The molecule has 0 aliphatic carbocycles. The summed E-state index contributed by atoms with van der Waals surface area (Å²) in [6.07, 6.45) is 0. The van der Waals surface area contributed by atoms with E-state index in [1.165, 1.54) is 4.90 Å². The molecule has 2 unspecified atom stereocenters. The molecule has 2 nitrogen and oxygen atoms in total. The van der Waals surface area contributed by atoms with Gasteiger partial charge in [0.2, 0.25) is 0 Å². The highest BCUT2D eigenvalue weighted by Crippen LogP contribution is 2.38. The van der Waals surface area contributed by atoms with Crippen molar-refractivity contribution in [3.8, 4) is 5.75 Å². The van der Waals surface area contributed by atoms with Crippen molar-refractivity contribution in [3.05, 3.63) is 60.2 Å². The van der Waals surface area contributed by atoms with Crippen LogP contribution in [0.5, 0.6) is 5.75 Å². The minimum atomic E-state index is 0.0279. The second kappa shape index (κ2) is 5.04. The molecule has 1 aliphatic rings. The van der Waals surface area contributed by atoms with E-state index in [4.69, 9.17) is 10.5 Å². The van der Waals surface area contributed by atoms with Gasteiger partial charge in [0.25, 0.3) is 0 Å². The van der Waals surface area contributed by atoms with Crippen LogP contribution in [0.15, 0.2) is 59.5 Å². The van der Waals surface area contributed by atoms with Gasteiger partial charge in [0.15, 0.2) is 0 Å². The largest absolute Gasteiger partial charge is 0.492 e. The highest BCUT2D eigenvalue weighted by molar-refractivity contribution is 8.00. The fourth-order valence-corrected chi connectivity index (χ4v) is 3.24. The summed E-state index contributed by atoms with van der Waals surface area (Å²) in [6.45, 7) is 0.664. The molecule has 2 N–H and O–H groups in total. The molecule has 0 saturated carbocycles. The second-order valence-corrected chi connectivity index (χ2v) is 5.66. The van der Waals surface area contributed by atoms with Crippen LogP contribution in [-0.2, 0) is 0 Å². The van der Waals surface area contributed by atoms with Gasteiger partial charge in [-0.2, -0.15) is 0 Å². The van der Waals surface area contributed by atoms with Crippen LogP contribution in [0.2, 0.25) is 0 Å². The number of thioether (sulfide) groups is 1. The van der Waals surface area contributed by atoms with Crippen LogP contribution in [0.3, 0.4) is 0 Å². The number of rotatable bonds is 2. The first-order valence-electron chi connectivity index (χ1n) is 6.03. The highest BCUT2D eigenvalue weighted by atomic mass is 32.2. The van der Waals surface area contributed by atoms with Crippen LogP contribution in [0.4, 0.5) is 0 Å². The lowest BCUT2D eigenvalue weighted by atomic mass is 10.0. The Morgan fingerprint density at radius 1 is 1.00 bits per heavy atom. The van der Waals surface area contributed by atoms with Gasteiger partial charge in [-0.05, 0) is 18.2 Å². The molecule has 2 atom stereocenters. The lowest BCUT2D eigenvalue weighted by molar-refractivity contribution is 0.276. The second-order valence-electron chi connectivity index (χ2n) is 4.34. The van der Waals surface area contributed by atoms with E-state index in [0.717, 1.165) is 11.3 Å². The topological polar surface area (TPSA) is 35.2 Å². The van der Waals surface area contributed by atoms with Crippen LogP contribution in [-0.4, -0.2) is 11.9 Å². The molecule has 0 fully saturated rings. The Hall–Kier alpha value is -1.45. The molecular weight excluding hydrogens is 242 g/mol. The summed E-state index contributed by atoms with van der Waals surface area (Å²) in [5, 5.41) is 0.266. The van der Waals surface area contributed by atoms with Gasteiger partial charge in [-0.3, -0.25) is 0 Å². The summed E-state index contributed by atoms with van der Waals surface area (Å²) >= 11 is 1.79. The Balaban J connectivity index is 1.81. The van der Waals surface area contributed by atoms with Crippen molar-refractivity contribution in [2.24, 2.45) is 5.73 Å². The third-order valence-corrected chi connectivity index (χ3v) is 4.39. The molecule has 0 spiro atoms. The van der Waals surface area contributed by atoms with Gasteiger partial charge in [0, 0.05) is 16.5 Å². The molecule has 0 radical (unpaired) electrons. The first kappa shape index (κ1) is 11.6. The standard InChI is InChI=1S/C15H15NOS/c16-15-12-8-4-5-9-13(12)17-10-14(15)18-11-6-2-1-3-7-11/h1-9,14-15H,10,16H2. The molecule has 3 heteroatoms. The van der Waals surface area contributed by atoms with Gasteiger partial charge in [-0.15, -0.1) is 11.8 Å². The predicted octanol–water partition coefficient (Wildman–Crippen LogP) is 3.24. The number of para-hydroxylation sites is 1. The number of ether oxygens (including phenoxy) is 1. The van der Waals surface area contributed by atoms with Crippen LogP contribution >= 0.6 is 11.8 Å². The maximum atomic E-state index is 6.34. The first-order chi connectivity index (χ1) is 8.84. The maximum Gasteiger partial charge on any atom is 0.124 e. The molecule has 0 aromatic heterocycles. The third kappa shape index (κ3) is 2.24. The van der Waals surface area contributed by atoms with Crippen molar-refractivity contribution in [2.45, 2.75) is 16.2 Å². The average Bonchev–Trinajstić information content (AvgIpc) is 2.43. The van der Waals surface area contributed by atoms with E-state index in [-0.39, 0.29) is 11.3 Å². The van der Waals surface area contributed by atoms with Crippen molar-refractivity contribution in [2.75, 3.05) is 6.61 Å². The summed E-state index contributed by atoms with van der Waals surface area (Å²) in [7, 11) is 0. The van der Waals surface area contributed by atoms with E-state index >= 15 is 0 Å². The quantitative estimate of drug-likeness (QED) is 0.897. The zero-order chi connectivity index (χ0) is 12.4. The molecule has 0 bridgehead atoms. The monoisotopic (exact) mass is 257 g/mol. The van der Waals surface area contributed by atoms with E-state index in [2.05, 4.69) is 18.2 Å². The minimum absolute atomic E-state index is 0.0279. The minimum Gasteiger partial charge on any atom is -0.492 e. The van der Waals surface area contributed by atoms with Crippen molar-refractivity contribution in [3.63, 3.8) is 0 Å². The number of benzene rings is 2. The van der Waals surface area contributed by atoms with Gasteiger partial charge in [0.05, 0.1) is 5.25 Å². The number of hydrogen-bond acceptors (Lipinski definition) is 3. The Morgan fingerprint density at radius 3 is 2.56 bits per heavy atom. The lowest BCUT2D eigenvalue weighted by Gasteiger charge is -2.30. The summed E-state index contributed by atoms with van der Waals surface area (Å²) in [6, 6.07) is 18.4. The van der Waals surface area contributed by atoms with Crippen LogP contribution in [0.1, 0.15) is 11.6 Å². The lowest BCUT2D eigenvalue weighted by Crippen LogP contribution is -2.33. The van der Waals surface area contributed by atoms with E-state index in [1.807, 2.05) is 36.4 Å². The van der Waals surface area contributed by atoms with Gasteiger partial charge in [0.1, 0.15) is 12.4 Å². The summed E-state index contributed by atoms with van der Waals surface area (Å²) in [5.74, 6) is 0.926. The van der Waals surface area contributed by atoms with E-state index in [9.17, 15) is 0 Å². The molecule has 1 heterocycles. The van der Waals surface area contributed by atoms with E-state index < -0.39 is 0 Å². The van der Waals surface area contributed by atoms with Gasteiger partial charge >= 0.3 is 0 Å². The van der Waals surface area contributed by atoms with Gasteiger partial charge < -0.3 is 10.5 Å². The first-order valence-corrected chi connectivity index (χ1v) is 6.91. The fourth-order valence-electron chi connectivity index (χ4n) is 2.14. The van der Waals surface area contributed by atoms with Crippen molar-refractivity contribution in [1.29, 1.82) is 0 Å². The molecule has 0 amide bonds. The Bertz CT molecular complexity index is 529. The molecule has 2 aromatic carbocycles. The molecular formula is C15H15NOS. The third-order valence-electron chi connectivity index (χ3n) is 3.11. The number of fused-ring (bicyclic) bond motifs is 1. The summed E-state index contributed by atoms with van der Waals surface area (Å²) < 4.78 is 5.78. The average molecular weight is 257 g/mol. The van der Waals surface area contributed by atoms with E-state index in [0.29, 0.717) is 6.61 Å². The molecule has 0 saturated heterocycles. The zero-order valence-electron chi connectivity index (χ0n) is 9.95. The highest BCUT2D eigenvalue weighted by Gasteiger charge is 2.28. The van der Waals surface area contributed by atoms with Crippen molar-refractivity contribution < 1.29 is 4.74 Å². The normalized spacial score (nSPS) is 22.1. The summed E-state index contributed by atoms with van der Waals surface area (Å²) in [4.78, 5) is 1.24. The fraction of sp³-hybridized carbons (Fsp3) is 0.200. The van der Waals surface area contributed by atoms with Crippen molar-refractivity contribution >= 4 is 11.8 Å². The van der Waals surface area contributed by atoms with Crippen LogP contribution < -0.4 is 10.5 Å². The van der Waals surface area contributed by atoms with Crippen LogP contribution in [0, 0.1) is 0 Å². The summed E-state index contributed by atoms with van der Waals surface area (Å²) in [5.41, 5.74) is 7.45. The predicted molar refractivity (Wildman–Crippen MR) is 75.0 cm³/mol. The SMILES string of the molecule is NC1c2ccccc2OCC1Sc1ccccc1. The van der Waals surface area contributed by atoms with Crippen LogP contribution in [0.25, 0.3) is 0 Å². The zero-order valence-corrected chi connectivity index (χ0v) is 10.8. The molecule has 2 aromatic rings. The van der Waals surface area contributed by atoms with Gasteiger partial charge in [-0.25, -0.2) is 0 Å². The maximum absolute atomic E-state index is 6.34. The van der Waals surface area contributed by atoms with Gasteiger partial charge in [-0.1, -0.05) is 36.4 Å². The smallest absolute Gasteiger partial charge is 0.124 e. The Kier molecular flexibility index (Phi) is 3.26. The molecule has 92 valence electrons. The Morgan fingerprint density at radius 2 is 1.72 bits per heavy atom. The Labute approximate surface area is 111 Å². The number of nitrogens with two attached hydrogens (primary N) is 1. The molecule has 3 rings (SSSR count). The molecule has 18 heavy (non-hydrogen) atoms. The number of hydrogen-bond donors (Lipinski definition) is 1. The van der Waals surface area contributed by atoms with E-state index in [1.54, 1.807) is 11.8 Å². The van der Waals surface area contributed by atoms with Crippen molar-refractivity contribution in [1.82, 2.24) is 0 Å².